The van der Waals surface area contributed by atoms with Gasteiger partial charge < -0.3 is 5.32 Å². The molecule has 0 bridgehead atoms. The first kappa shape index (κ1) is 12.4. The lowest BCUT2D eigenvalue weighted by atomic mass is 9.94. The number of nitrogens with one attached hydrogen (secondary N) is 1. The highest BCUT2D eigenvalue weighted by Crippen LogP contribution is 2.66. The first-order chi connectivity index (χ1) is 9.65. The van der Waals surface area contributed by atoms with Crippen molar-refractivity contribution < 1.29 is 4.79 Å². The Labute approximate surface area is 126 Å². The van der Waals surface area contributed by atoms with Crippen LogP contribution in [0, 0.1) is 0 Å². The monoisotopic (exact) mass is 303 g/mol. The zero-order valence-electron chi connectivity index (χ0n) is 11.1. The maximum atomic E-state index is 12.4. The van der Waals surface area contributed by atoms with Crippen LogP contribution in [0.1, 0.15) is 34.6 Å². The number of fused-ring (bicyclic) bond motifs is 2. The summed E-state index contributed by atoms with van der Waals surface area (Å²) in [7, 11) is 0. The molecule has 2 aromatic rings. The Hall–Kier alpha value is -1.32. The molecule has 0 radical (unpaired) electrons. The molecule has 20 heavy (non-hydrogen) atoms. The van der Waals surface area contributed by atoms with Crippen LogP contribution in [0.5, 0.6) is 0 Å². The smallest absolute Gasteiger partial charge is 0.235 e. The van der Waals surface area contributed by atoms with Crippen LogP contribution in [0.3, 0.4) is 0 Å². The number of benzene rings is 1. The van der Waals surface area contributed by atoms with Gasteiger partial charge in [-0.15, -0.1) is 11.3 Å². The van der Waals surface area contributed by atoms with E-state index in [2.05, 4.69) is 24.4 Å². The molecule has 1 amide bonds. The summed E-state index contributed by atoms with van der Waals surface area (Å²) in [5, 5.41) is 3.70. The number of anilines is 1. The Balaban J connectivity index is 1.77. The molecule has 1 aliphatic carbocycles. The molecule has 1 saturated carbocycles. The number of amides is 1. The molecule has 2 unspecified atom stereocenters. The van der Waals surface area contributed by atoms with Gasteiger partial charge in [0.15, 0.2) is 0 Å². The maximum absolute atomic E-state index is 12.4. The van der Waals surface area contributed by atoms with E-state index < -0.39 is 0 Å². The van der Waals surface area contributed by atoms with E-state index in [0.29, 0.717) is 10.9 Å². The highest BCUT2D eigenvalue weighted by Gasteiger charge is 2.65. The molecule has 1 fully saturated rings. The minimum absolute atomic E-state index is 0.131. The molecule has 1 aromatic carbocycles. The van der Waals surface area contributed by atoms with Crippen LogP contribution in [0.4, 0.5) is 5.69 Å². The summed E-state index contributed by atoms with van der Waals surface area (Å²) >= 11 is 7.94. The summed E-state index contributed by atoms with van der Waals surface area (Å²) in [6, 6.07) is 10.0. The summed E-state index contributed by atoms with van der Waals surface area (Å²) in [6.45, 7) is 2.16. The summed E-state index contributed by atoms with van der Waals surface area (Å²) in [4.78, 5) is 15.1. The van der Waals surface area contributed by atoms with E-state index in [-0.39, 0.29) is 11.3 Å². The van der Waals surface area contributed by atoms with Crippen molar-refractivity contribution in [3.63, 3.8) is 0 Å². The molecule has 1 spiro atoms. The van der Waals surface area contributed by atoms with Crippen molar-refractivity contribution in [2.45, 2.75) is 31.1 Å². The van der Waals surface area contributed by atoms with Gasteiger partial charge in [0.1, 0.15) is 0 Å². The fourth-order valence-corrected chi connectivity index (χ4v) is 4.60. The van der Waals surface area contributed by atoms with Crippen LogP contribution >= 0.6 is 22.9 Å². The lowest BCUT2D eigenvalue weighted by molar-refractivity contribution is -0.118. The molecule has 102 valence electrons. The number of hydrogen-bond acceptors (Lipinski definition) is 2. The third-order valence-corrected chi connectivity index (χ3v) is 6.03. The van der Waals surface area contributed by atoms with Gasteiger partial charge in [0.2, 0.25) is 5.91 Å². The molecule has 2 aliphatic rings. The van der Waals surface area contributed by atoms with Crippen molar-refractivity contribution in [2.75, 3.05) is 5.32 Å². The molecule has 2 atom stereocenters. The maximum Gasteiger partial charge on any atom is 0.235 e. The number of rotatable bonds is 2. The molecule has 4 rings (SSSR count). The van der Waals surface area contributed by atoms with Gasteiger partial charge in [0.25, 0.3) is 0 Å². The predicted molar refractivity (Wildman–Crippen MR) is 82.8 cm³/mol. The fraction of sp³-hybridized carbons (Fsp3) is 0.312. The van der Waals surface area contributed by atoms with Crippen molar-refractivity contribution in [2.24, 2.45) is 0 Å². The average molecular weight is 304 g/mol. The van der Waals surface area contributed by atoms with Gasteiger partial charge in [-0.25, -0.2) is 0 Å². The fourth-order valence-electron chi connectivity index (χ4n) is 3.28. The molecule has 2 heterocycles. The van der Waals surface area contributed by atoms with Crippen molar-refractivity contribution in [1.29, 1.82) is 0 Å². The van der Waals surface area contributed by atoms with E-state index >= 15 is 0 Å². The summed E-state index contributed by atoms with van der Waals surface area (Å²) in [6.07, 6.45) is 1.95. The van der Waals surface area contributed by atoms with E-state index in [4.69, 9.17) is 11.6 Å². The summed E-state index contributed by atoms with van der Waals surface area (Å²) in [5.41, 5.74) is 1.64. The average Bonchev–Trinajstić information content (AvgIpc) is 2.91. The SMILES string of the molecule is CCc1ccc(C2CC23C(=O)Nc2ccc(Cl)cc23)s1. The first-order valence-electron chi connectivity index (χ1n) is 6.85. The summed E-state index contributed by atoms with van der Waals surface area (Å²) < 4.78 is 0. The Morgan fingerprint density at radius 1 is 1.40 bits per heavy atom. The molecule has 2 nitrogen and oxygen atoms in total. The Kier molecular flexibility index (Phi) is 2.54. The Bertz CT molecular complexity index is 723. The van der Waals surface area contributed by atoms with Crippen LogP contribution in [0.15, 0.2) is 30.3 Å². The first-order valence-corrected chi connectivity index (χ1v) is 8.04. The second kappa shape index (κ2) is 4.09. The van der Waals surface area contributed by atoms with Gasteiger partial charge >= 0.3 is 0 Å². The van der Waals surface area contributed by atoms with Gasteiger partial charge in [0.05, 0.1) is 5.41 Å². The van der Waals surface area contributed by atoms with Crippen molar-refractivity contribution in [3.05, 3.63) is 50.7 Å². The largest absolute Gasteiger partial charge is 0.325 e. The van der Waals surface area contributed by atoms with Gasteiger partial charge in [-0.2, -0.15) is 0 Å². The van der Waals surface area contributed by atoms with Crippen LogP contribution in [0.25, 0.3) is 0 Å². The molecular formula is C16H14ClNOS. The number of hydrogen-bond donors (Lipinski definition) is 1. The Morgan fingerprint density at radius 3 is 3.00 bits per heavy atom. The molecule has 4 heteroatoms. The zero-order valence-corrected chi connectivity index (χ0v) is 12.6. The molecule has 1 N–H and O–H groups in total. The van der Waals surface area contributed by atoms with Gasteiger partial charge in [-0.05, 0) is 48.7 Å². The number of thiophene rings is 1. The van der Waals surface area contributed by atoms with Crippen molar-refractivity contribution in [3.8, 4) is 0 Å². The lowest BCUT2D eigenvalue weighted by Crippen LogP contribution is -2.20. The van der Waals surface area contributed by atoms with E-state index in [9.17, 15) is 4.79 Å². The van der Waals surface area contributed by atoms with Crippen LogP contribution < -0.4 is 5.32 Å². The van der Waals surface area contributed by atoms with Crippen molar-refractivity contribution >= 4 is 34.5 Å². The molecule has 1 aromatic heterocycles. The minimum Gasteiger partial charge on any atom is -0.325 e. The van der Waals surface area contributed by atoms with Gasteiger partial charge in [-0.3, -0.25) is 4.79 Å². The van der Waals surface area contributed by atoms with E-state index in [0.717, 1.165) is 24.1 Å². The number of halogens is 1. The topological polar surface area (TPSA) is 29.1 Å². The van der Waals surface area contributed by atoms with Crippen molar-refractivity contribution in [1.82, 2.24) is 0 Å². The second-order valence-electron chi connectivity index (χ2n) is 5.53. The highest BCUT2D eigenvalue weighted by molar-refractivity contribution is 7.12. The number of aryl methyl sites for hydroxylation is 1. The third-order valence-electron chi connectivity index (χ3n) is 4.45. The number of carbonyl (C=O) groups is 1. The third kappa shape index (κ3) is 1.54. The summed E-state index contributed by atoms with van der Waals surface area (Å²) in [5.74, 6) is 0.443. The normalized spacial score (nSPS) is 26.7. The number of carbonyl (C=O) groups excluding carboxylic acids is 1. The zero-order chi connectivity index (χ0) is 13.9. The van der Waals surface area contributed by atoms with E-state index in [1.807, 2.05) is 29.5 Å². The lowest BCUT2D eigenvalue weighted by Gasteiger charge is -2.07. The Morgan fingerprint density at radius 2 is 2.25 bits per heavy atom. The molecule has 0 saturated heterocycles. The quantitative estimate of drug-likeness (QED) is 0.878. The van der Waals surface area contributed by atoms with E-state index in [1.54, 1.807) is 0 Å². The van der Waals surface area contributed by atoms with Crippen LogP contribution in [-0.2, 0) is 16.6 Å². The van der Waals surface area contributed by atoms with Gasteiger partial charge in [0, 0.05) is 26.4 Å². The predicted octanol–water partition coefficient (Wildman–Crippen LogP) is 4.34. The second-order valence-corrected chi connectivity index (χ2v) is 7.17. The molecule has 1 aliphatic heterocycles. The van der Waals surface area contributed by atoms with Crippen LogP contribution in [-0.4, -0.2) is 5.91 Å². The highest BCUT2D eigenvalue weighted by atomic mass is 35.5. The van der Waals surface area contributed by atoms with Crippen LogP contribution in [0.2, 0.25) is 5.02 Å². The molecular weight excluding hydrogens is 290 g/mol. The van der Waals surface area contributed by atoms with E-state index in [1.165, 1.54) is 9.75 Å². The minimum atomic E-state index is -0.365. The standard InChI is InChI=1S/C16H14ClNOS/c1-2-10-4-6-14(20-10)12-8-16(12)11-7-9(17)3-5-13(11)18-15(16)19/h3-7,12H,2,8H2,1H3,(H,18,19). The van der Waals surface area contributed by atoms with Gasteiger partial charge in [-0.1, -0.05) is 18.5 Å².